The third kappa shape index (κ3) is 5.72. The minimum absolute atomic E-state index is 0.113. The molecule has 38 heavy (non-hydrogen) atoms. The minimum Gasteiger partial charge on any atom is -0.497 e. The summed E-state index contributed by atoms with van der Waals surface area (Å²) >= 11 is 3.34. The number of carbonyl (C=O) groups excluding carboxylic acids is 1. The third-order valence-electron chi connectivity index (χ3n) is 6.85. The number of halogens is 1. The fourth-order valence-corrected chi connectivity index (χ4v) is 6.22. The van der Waals surface area contributed by atoms with E-state index in [0.717, 1.165) is 32.4 Å². The van der Waals surface area contributed by atoms with Crippen molar-refractivity contribution in [1.82, 2.24) is 14.6 Å². The Morgan fingerprint density at radius 3 is 2.37 bits per heavy atom. The summed E-state index contributed by atoms with van der Waals surface area (Å²) in [5.41, 5.74) is 2.89. The van der Waals surface area contributed by atoms with Gasteiger partial charge in [-0.05, 0) is 66.6 Å². The van der Waals surface area contributed by atoms with E-state index < -0.39 is 16.1 Å². The molecule has 0 saturated carbocycles. The molecule has 5 rings (SSSR count). The topological polar surface area (TPSA) is 94.7 Å². The second-order valence-electron chi connectivity index (χ2n) is 9.20. The van der Waals surface area contributed by atoms with Gasteiger partial charge in [0.05, 0.1) is 12.0 Å². The van der Waals surface area contributed by atoms with Crippen LogP contribution in [0.25, 0.3) is 10.9 Å². The van der Waals surface area contributed by atoms with E-state index in [4.69, 9.17) is 4.74 Å². The molecule has 0 spiro atoms. The first-order valence-corrected chi connectivity index (χ1v) is 14.6. The van der Waals surface area contributed by atoms with E-state index in [-0.39, 0.29) is 17.2 Å². The summed E-state index contributed by atoms with van der Waals surface area (Å²) in [6, 6.07) is 21.1. The number of H-pyrrole nitrogens is 1. The largest absolute Gasteiger partial charge is 0.497 e. The lowest BCUT2D eigenvalue weighted by molar-refractivity contribution is -0.133. The van der Waals surface area contributed by atoms with Crippen LogP contribution in [0.3, 0.4) is 0 Å². The molecule has 1 amide bonds. The Morgan fingerprint density at radius 2 is 1.68 bits per heavy atom. The number of hydrogen-bond acceptors (Lipinski definition) is 5. The summed E-state index contributed by atoms with van der Waals surface area (Å²) < 4.78 is 35.3. The predicted molar refractivity (Wildman–Crippen MR) is 152 cm³/mol. The maximum Gasteiger partial charge on any atom is 0.241 e. The fourth-order valence-electron chi connectivity index (χ4n) is 4.77. The molecule has 0 unspecified atom stereocenters. The van der Waals surface area contributed by atoms with Crippen molar-refractivity contribution in [2.75, 3.05) is 38.2 Å². The van der Waals surface area contributed by atoms with Crippen molar-refractivity contribution in [3.05, 3.63) is 89.0 Å². The van der Waals surface area contributed by atoms with Crippen LogP contribution in [0, 0.1) is 0 Å². The highest BCUT2D eigenvalue weighted by atomic mass is 79.9. The number of rotatable bonds is 8. The van der Waals surface area contributed by atoms with E-state index in [1.54, 1.807) is 24.1 Å². The van der Waals surface area contributed by atoms with E-state index in [1.165, 1.54) is 12.1 Å². The number of nitrogens with zero attached hydrogens (tertiary/aromatic N) is 2. The first kappa shape index (κ1) is 26.3. The molecule has 8 nitrogen and oxygen atoms in total. The number of sulfonamides is 1. The molecule has 10 heteroatoms. The van der Waals surface area contributed by atoms with Crippen LogP contribution >= 0.6 is 15.9 Å². The molecular formula is C28H29BrN4O4S. The first-order chi connectivity index (χ1) is 18.3. The van der Waals surface area contributed by atoms with Gasteiger partial charge in [0.1, 0.15) is 11.8 Å². The average Bonchev–Trinajstić information content (AvgIpc) is 3.35. The van der Waals surface area contributed by atoms with E-state index in [9.17, 15) is 13.2 Å². The molecule has 0 aliphatic carbocycles. The zero-order valence-corrected chi connectivity index (χ0v) is 23.3. The van der Waals surface area contributed by atoms with Gasteiger partial charge in [0.2, 0.25) is 15.9 Å². The molecule has 1 aliphatic rings. The van der Waals surface area contributed by atoms with Crippen molar-refractivity contribution in [3.63, 3.8) is 0 Å². The summed E-state index contributed by atoms with van der Waals surface area (Å²) in [6.07, 6.45) is 2.08. The van der Waals surface area contributed by atoms with Crippen LogP contribution in [0.15, 0.2) is 88.4 Å². The zero-order valence-electron chi connectivity index (χ0n) is 20.9. The number of amides is 1. The number of nitrogens with one attached hydrogen (secondary N) is 2. The first-order valence-electron chi connectivity index (χ1n) is 12.3. The number of fused-ring (bicyclic) bond motifs is 1. The van der Waals surface area contributed by atoms with Crippen molar-refractivity contribution >= 4 is 48.5 Å². The van der Waals surface area contributed by atoms with Gasteiger partial charge in [-0.2, -0.15) is 4.72 Å². The second kappa shape index (κ2) is 11.2. The van der Waals surface area contributed by atoms with Crippen molar-refractivity contribution in [2.24, 2.45) is 0 Å². The molecule has 1 atom stereocenters. The van der Waals surface area contributed by atoms with Gasteiger partial charge in [-0.15, -0.1) is 0 Å². The number of aromatic amines is 1. The maximum atomic E-state index is 13.8. The van der Waals surface area contributed by atoms with Crippen molar-refractivity contribution in [2.45, 2.75) is 17.4 Å². The van der Waals surface area contributed by atoms with Crippen molar-refractivity contribution in [1.29, 1.82) is 0 Å². The highest BCUT2D eigenvalue weighted by molar-refractivity contribution is 9.10. The SMILES string of the molecule is COc1ccc(N2CCN(C(=O)[C@H](Cc3c[nH]c4ccccc34)NS(=O)(=O)c3ccc(Br)cc3)CC2)cc1. The Labute approximate surface area is 230 Å². The van der Waals surface area contributed by atoms with Gasteiger partial charge >= 0.3 is 0 Å². The number of hydrogen-bond donors (Lipinski definition) is 2. The Bertz CT molecular complexity index is 1510. The molecule has 1 fully saturated rings. The van der Waals surface area contributed by atoms with Crippen LogP contribution in [0.1, 0.15) is 5.56 Å². The molecule has 198 valence electrons. The predicted octanol–water partition coefficient (Wildman–Crippen LogP) is 4.18. The summed E-state index contributed by atoms with van der Waals surface area (Å²) in [5, 5.41) is 0.970. The fraction of sp³-hybridized carbons (Fsp3) is 0.250. The Balaban J connectivity index is 1.36. The second-order valence-corrected chi connectivity index (χ2v) is 11.8. The standard InChI is InChI=1S/C28H29BrN4O4S/c1-37-23-10-8-22(9-11-23)32-14-16-33(17-15-32)28(34)27(18-20-19-30-26-5-3-2-4-25(20)26)31-38(35,36)24-12-6-21(29)7-13-24/h2-13,19,27,30-31H,14-18H2,1H3/t27-/m0/s1. The molecule has 0 radical (unpaired) electrons. The van der Waals surface area contributed by atoms with Crippen LogP contribution in [0.5, 0.6) is 5.75 Å². The van der Waals surface area contributed by atoms with Gasteiger partial charge in [-0.25, -0.2) is 8.42 Å². The van der Waals surface area contributed by atoms with Crippen molar-refractivity contribution in [3.8, 4) is 5.75 Å². The van der Waals surface area contributed by atoms with E-state index in [0.29, 0.717) is 26.2 Å². The van der Waals surface area contributed by atoms with Crippen molar-refractivity contribution < 1.29 is 17.9 Å². The number of ether oxygens (including phenoxy) is 1. The summed E-state index contributed by atoms with van der Waals surface area (Å²) in [5.74, 6) is 0.561. The summed E-state index contributed by atoms with van der Waals surface area (Å²) in [4.78, 5) is 21.1. The van der Waals surface area contributed by atoms with Crippen LogP contribution in [0.2, 0.25) is 0 Å². The Kier molecular flexibility index (Phi) is 7.73. The highest BCUT2D eigenvalue weighted by Gasteiger charge is 2.32. The van der Waals surface area contributed by atoms with E-state index >= 15 is 0 Å². The van der Waals surface area contributed by atoms with Crippen LogP contribution in [-0.2, 0) is 21.2 Å². The normalized spacial score (nSPS) is 15.0. The number of carbonyl (C=O) groups is 1. The van der Waals surface area contributed by atoms with E-state index in [2.05, 4.69) is 30.5 Å². The summed E-state index contributed by atoms with van der Waals surface area (Å²) in [6.45, 7) is 2.29. The molecule has 0 bridgehead atoms. The zero-order chi connectivity index (χ0) is 26.7. The molecule has 4 aromatic rings. The maximum absolute atomic E-state index is 13.8. The van der Waals surface area contributed by atoms with Gasteiger partial charge in [-0.1, -0.05) is 34.1 Å². The Morgan fingerprint density at radius 1 is 1.00 bits per heavy atom. The monoisotopic (exact) mass is 596 g/mol. The summed E-state index contributed by atoms with van der Waals surface area (Å²) in [7, 11) is -2.29. The molecule has 2 N–H and O–H groups in total. The Hall–Kier alpha value is -3.34. The molecule has 2 heterocycles. The number of para-hydroxylation sites is 1. The number of piperazine rings is 1. The van der Waals surface area contributed by atoms with Gasteiger partial charge in [-0.3, -0.25) is 4.79 Å². The quantitative estimate of drug-likeness (QED) is 0.318. The number of aromatic nitrogens is 1. The minimum atomic E-state index is -3.93. The number of methoxy groups -OCH3 is 1. The van der Waals surface area contributed by atoms with E-state index in [1.807, 2.05) is 54.7 Å². The number of anilines is 1. The van der Waals surface area contributed by atoms with Crippen LogP contribution in [-0.4, -0.2) is 63.5 Å². The van der Waals surface area contributed by atoms with Crippen LogP contribution in [0.4, 0.5) is 5.69 Å². The smallest absolute Gasteiger partial charge is 0.241 e. The lowest BCUT2D eigenvalue weighted by atomic mass is 10.0. The van der Waals surface area contributed by atoms with Gasteiger partial charge in [0.25, 0.3) is 0 Å². The van der Waals surface area contributed by atoms with Crippen LogP contribution < -0.4 is 14.4 Å². The van der Waals surface area contributed by atoms with Gasteiger partial charge < -0.3 is 19.5 Å². The highest BCUT2D eigenvalue weighted by Crippen LogP contribution is 2.23. The number of benzene rings is 3. The molecule has 1 aliphatic heterocycles. The van der Waals surface area contributed by atoms with Gasteiger partial charge in [0, 0.05) is 53.4 Å². The lowest BCUT2D eigenvalue weighted by Gasteiger charge is -2.37. The average molecular weight is 598 g/mol. The van der Waals surface area contributed by atoms with Gasteiger partial charge in [0.15, 0.2) is 0 Å². The molecule has 1 saturated heterocycles. The molecular weight excluding hydrogens is 568 g/mol. The lowest BCUT2D eigenvalue weighted by Crippen LogP contribution is -2.55. The molecule has 1 aromatic heterocycles. The third-order valence-corrected chi connectivity index (χ3v) is 8.86. The molecule has 3 aromatic carbocycles.